The molecule has 1 fully saturated rings. The van der Waals surface area contributed by atoms with Crippen LogP contribution in [0.4, 0.5) is 5.69 Å². The van der Waals surface area contributed by atoms with Gasteiger partial charge < -0.3 is 10.6 Å². The molecule has 39 heavy (non-hydrogen) atoms. The number of aromatic nitrogens is 1. The van der Waals surface area contributed by atoms with E-state index in [1.165, 1.54) is 12.5 Å². The Morgan fingerprint density at radius 2 is 1.85 bits per heavy atom. The average molecular weight is 520 g/mol. The van der Waals surface area contributed by atoms with Crippen molar-refractivity contribution in [2.75, 3.05) is 6.54 Å². The fourth-order valence-electron chi connectivity index (χ4n) is 5.90. The number of nitrogens with one attached hydrogen (secondary N) is 2. The smallest absolute Gasteiger partial charge is 0.252 e. The minimum absolute atomic E-state index is 0.123. The molecule has 0 saturated heterocycles. The highest BCUT2D eigenvalue weighted by Crippen LogP contribution is 2.39. The van der Waals surface area contributed by atoms with Gasteiger partial charge in [-0.15, -0.1) is 0 Å². The number of benzene rings is 2. The second kappa shape index (κ2) is 11.2. The Morgan fingerprint density at radius 3 is 2.62 bits per heavy atom. The Hall–Kier alpha value is -4.31. The lowest BCUT2D eigenvalue weighted by molar-refractivity contribution is -0.127. The number of hydrogen-bond donors (Lipinski definition) is 2. The molecule has 0 bridgehead atoms. The Kier molecular flexibility index (Phi) is 7.56. The highest BCUT2D eigenvalue weighted by molar-refractivity contribution is 5.99. The Balaban J connectivity index is 1.41. The average Bonchev–Trinajstić information content (AvgIpc) is 3.39. The van der Waals surface area contributed by atoms with E-state index in [4.69, 9.17) is 0 Å². The molecular formula is C32H33N5O2. The molecule has 7 nitrogen and oxygen atoms in total. The predicted octanol–water partition coefficient (Wildman–Crippen LogP) is 5.35. The molecule has 2 atom stereocenters. The van der Waals surface area contributed by atoms with Crippen molar-refractivity contribution in [3.8, 4) is 6.07 Å². The molecule has 1 saturated carbocycles. The molecule has 1 aliphatic heterocycles. The van der Waals surface area contributed by atoms with E-state index in [1.54, 1.807) is 25.1 Å². The summed E-state index contributed by atoms with van der Waals surface area (Å²) in [6.45, 7) is 2.23. The zero-order chi connectivity index (χ0) is 27.3. The fourth-order valence-corrected chi connectivity index (χ4v) is 5.90. The number of nitriles is 1. The Bertz CT molecular complexity index is 1420. The third-order valence-corrected chi connectivity index (χ3v) is 8.11. The Morgan fingerprint density at radius 1 is 1.05 bits per heavy atom. The highest BCUT2D eigenvalue weighted by atomic mass is 16.2. The number of fused-ring (bicyclic) bond motifs is 1. The SMILES string of the molecule is CC(CC1C=Nc2ccccc21)(NC(=O)c1cccc(C#N)c1)C(=O)NCC1(c2ccccn2)CCCCC1. The number of carbonyl (C=O) groups is 2. The van der Waals surface area contributed by atoms with Crippen molar-refractivity contribution in [3.63, 3.8) is 0 Å². The lowest BCUT2D eigenvalue weighted by atomic mass is 9.71. The first-order valence-corrected chi connectivity index (χ1v) is 13.6. The molecule has 3 aromatic rings. The van der Waals surface area contributed by atoms with Crippen LogP contribution in [0.2, 0.25) is 0 Å². The zero-order valence-corrected chi connectivity index (χ0v) is 22.2. The van der Waals surface area contributed by atoms with Crippen molar-refractivity contribution in [3.05, 3.63) is 95.3 Å². The van der Waals surface area contributed by atoms with Crippen LogP contribution in [0.3, 0.4) is 0 Å². The van der Waals surface area contributed by atoms with Gasteiger partial charge in [0.1, 0.15) is 5.54 Å². The molecule has 1 aliphatic carbocycles. The maximum absolute atomic E-state index is 14.0. The van der Waals surface area contributed by atoms with E-state index in [2.05, 4.69) is 26.7 Å². The fraction of sp³-hybridized carbons (Fsp3) is 0.344. The zero-order valence-electron chi connectivity index (χ0n) is 22.2. The lowest BCUT2D eigenvalue weighted by Gasteiger charge is -2.39. The maximum atomic E-state index is 14.0. The number of amides is 2. The maximum Gasteiger partial charge on any atom is 0.252 e. The molecule has 5 rings (SSSR count). The summed E-state index contributed by atoms with van der Waals surface area (Å²) in [4.78, 5) is 36.6. The molecule has 2 N–H and O–H groups in total. The predicted molar refractivity (Wildman–Crippen MR) is 151 cm³/mol. The van der Waals surface area contributed by atoms with Crippen LogP contribution in [0.5, 0.6) is 0 Å². The summed E-state index contributed by atoms with van der Waals surface area (Å²) < 4.78 is 0. The summed E-state index contributed by atoms with van der Waals surface area (Å²) in [6.07, 6.45) is 9.28. The Labute approximate surface area is 229 Å². The van der Waals surface area contributed by atoms with Crippen molar-refractivity contribution < 1.29 is 9.59 Å². The summed E-state index contributed by atoms with van der Waals surface area (Å²) in [6, 6.07) is 22.4. The molecule has 7 heteroatoms. The standard InChI is InChI=1S/C32H33N5O2/c1-31(19-25-21-35-27-13-4-3-12-26(25)27,37-29(38)24-11-9-10-23(18-24)20-33)30(39)36-22-32(15-6-2-7-16-32)28-14-5-8-17-34-28/h3-5,8-14,17-18,21,25H,2,6-7,15-16,19,22H2,1H3,(H,36,39)(H,37,38). The molecule has 2 amide bonds. The second-order valence-electron chi connectivity index (χ2n) is 10.9. The number of hydrogen-bond acceptors (Lipinski definition) is 5. The van der Waals surface area contributed by atoms with Gasteiger partial charge >= 0.3 is 0 Å². The number of nitrogens with zero attached hydrogens (tertiary/aromatic N) is 3. The van der Waals surface area contributed by atoms with Crippen LogP contribution in [0.25, 0.3) is 0 Å². The van der Waals surface area contributed by atoms with Crippen LogP contribution in [-0.4, -0.2) is 35.1 Å². The third kappa shape index (κ3) is 5.61. The molecule has 2 heterocycles. The lowest BCUT2D eigenvalue weighted by Crippen LogP contribution is -2.59. The first kappa shape index (κ1) is 26.3. The van der Waals surface area contributed by atoms with E-state index in [9.17, 15) is 14.9 Å². The first-order chi connectivity index (χ1) is 18.9. The number of carbonyl (C=O) groups excluding carboxylic acids is 2. The van der Waals surface area contributed by atoms with Crippen molar-refractivity contribution >= 4 is 23.7 Å². The summed E-state index contributed by atoms with van der Waals surface area (Å²) in [7, 11) is 0. The normalized spacial score (nSPS) is 18.8. The van der Waals surface area contributed by atoms with E-state index in [0.29, 0.717) is 24.1 Å². The molecule has 2 aromatic carbocycles. The number of rotatable bonds is 8. The number of aliphatic imine (C=N–C) groups is 1. The summed E-state index contributed by atoms with van der Waals surface area (Å²) in [5.41, 5.74) is 2.19. The van der Waals surface area contributed by atoms with Gasteiger partial charge in [0.25, 0.3) is 5.91 Å². The highest BCUT2D eigenvalue weighted by Gasteiger charge is 2.41. The molecule has 2 unspecified atom stereocenters. The van der Waals surface area contributed by atoms with Crippen molar-refractivity contribution in [1.29, 1.82) is 5.26 Å². The summed E-state index contributed by atoms with van der Waals surface area (Å²) in [5.74, 6) is -0.766. The van der Waals surface area contributed by atoms with Crippen LogP contribution in [0.15, 0.2) is 77.9 Å². The summed E-state index contributed by atoms with van der Waals surface area (Å²) >= 11 is 0. The number of para-hydroxylation sites is 1. The second-order valence-corrected chi connectivity index (χ2v) is 10.9. The third-order valence-electron chi connectivity index (χ3n) is 8.11. The van der Waals surface area contributed by atoms with Crippen molar-refractivity contribution in [2.24, 2.45) is 4.99 Å². The topological polar surface area (TPSA) is 107 Å². The first-order valence-electron chi connectivity index (χ1n) is 13.6. The van der Waals surface area contributed by atoms with Crippen LogP contribution in [0.1, 0.15) is 78.5 Å². The molecule has 198 valence electrons. The van der Waals surface area contributed by atoms with Gasteiger partial charge in [0.15, 0.2) is 0 Å². The minimum atomic E-state index is -1.23. The van der Waals surface area contributed by atoms with E-state index >= 15 is 0 Å². The van der Waals surface area contributed by atoms with Crippen LogP contribution < -0.4 is 10.6 Å². The largest absolute Gasteiger partial charge is 0.353 e. The van der Waals surface area contributed by atoms with E-state index in [0.717, 1.165) is 42.6 Å². The monoisotopic (exact) mass is 519 g/mol. The van der Waals surface area contributed by atoms with Gasteiger partial charge in [0.05, 0.1) is 17.3 Å². The van der Waals surface area contributed by atoms with Gasteiger partial charge in [0.2, 0.25) is 5.91 Å². The van der Waals surface area contributed by atoms with Crippen molar-refractivity contribution in [1.82, 2.24) is 15.6 Å². The van der Waals surface area contributed by atoms with Gasteiger partial charge in [-0.3, -0.25) is 19.6 Å². The van der Waals surface area contributed by atoms with Gasteiger partial charge in [-0.1, -0.05) is 49.6 Å². The van der Waals surface area contributed by atoms with Crippen molar-refractivity contribution in [2.45, 2.75) is 62.3 Å². The summed E-state index contributed by atoms with van der Waals surface area (Å²) in [5, 5.41) is 15.5. The van der Waals surface area contributed by atoms with Gasteiger partial charge in [-0.05, 0) is 68.1 Å². The van der Waals surface area contributed by atoms with Crippen LogP contribution in [-0.2, 0) is 10.2 Å². The molecule has 2 aliphatic rings. The van der Waals surface area contributed by atoms with Crippen LogP contribution >= 0.6 is 0 Å². The molecular weight excluding hydrogens is 486 g/mol. The molecule has 1 aromatic heterocycles. The van der Waals surface area contributed by atoms with E-state index in [-0.39, 0.29) is 17.2 Å². The van der Waals surface area contributed by atoms with Gasteiger partial charge in [-0.25, -0.2) is 0 Å². The molecule has 0 radical (unpaired) electrons. The van der Waals surface area contributed by atoms with E-state index in [1.807, 2.05) is 54.9 Å². The van der Waals surface area contributed by atoms with Gasteiger partial charge in [-0.2, -0.15) is 5.26 Å². The number of pyridine rings is 1. The quantitative estimate of drug-likeness (QED) is 0.418. The van der Waals surface area contributed by atoms with E-state index < -0.39 is 11.4 Å². The van der Waals surface area contributed by atoms with Crippen LogP contribution in [0, 0.1) is 11.3 Å². The molecule has 0 spiro atoms. The van der Waals surface area contributed by atoms with Gasteiger partial charge in [0, 0.05) is 41.5 Å². The minimum Gasteiger partial charge on any atom is -0.353 e.